The second kappa shape index (κ2) is 5.20. The fourth-order valence-corrected chi connectivity index (χ4v) is 2.86. The molecule has 2 aromatic rings. The van der Waals surface area contributed by atoms with Crippen molar-refractivity contribution >= 4 is 34.4 Å². The Morgan fingerprint density at radius 3 is 3.21 bits per heavy atom. The molecule has 1 fully saturated rings. The van der Waals surface area contributed by atoms with Crippen LogP contribution in [0.3, 0.4) is 0 Å². The summed E-state index contributed by atoms with van der Waals surface area (Å²) in [7, 11) is 0. The molecule has 1 unspecified atom stereocenters. The van der Waals surface area contributed by atoms with Gasteiger partial charge in [-0.3, -0.25) is 9.69 Å². The van der Waals surface area contributed by atoms with Crippen LogP contribution in [0.4, 0.5) is 5.69 Å². The number of amides is 1. The number of rotatable bonds is 3. The normalized spacial score (nSPS) is 19.9. The Morgan fingerprint density at radius 1 is 1.53 bits per heavy atom. The first kappa shape index (κ1) is 12.5. The highest BCUT2D eigenvalue weighted by Crippen LogP contribution is 2.21. The van der Waals surface area contributed by atoms with Gasteiger partial charge in [0.25, 0.3) is 0 Å². The maximum absolute atomic E-state index is 12.0. The van der Waals surface area contributed by atoms with Crippen LogP contribution in [-0.4, -0.2) is 45.2 Å². The molecule has 100 valence electrons. The first-order chi connectivity index (χ1) is 9.22. The molecule has 1 aliphatic rings. The maximum Gasteiger partial charge on any atom is 0.238 e. The van der Waals surface area contributed by atoms with E-state index in [1.165, 1.54) is 0 Å². The smallest absolute Gasteiger partial charge is 0.238 e. The molecule has 1 amide bonds. The fraction of sp³-hybridized carbons (Fsp3) is 0.417. The second-order valence-corrected chi connectivity index (χ2v) is 5.30. The molecule has 1 aromatic carbocycles. The molecule has 2 heterocycles. The number of nitrogens with one attached hydrogen (secondary N) is 1. The lowest BCUT2D eigenvalue weighted by molar-refractivity contribution is -0.117. The van der Waals surface area contributed by atoms with Crippen molar-refractivity contribution < 1.29 is 4.79 Å². The summed E-state index contributed by atoms with van der Waals surface area (Å²) in [4.78, 5) is 14.1. The quantitative estimate of drug-likeness (QED) is 0.861. The number of anilines is 1. The lowest BCUT2D eigenvalue weighted by Crippen LogP contribution is -2.33. The molecular weight excluding hydrogens is 262 g/mol. The SMILES string of the molecule is NC1CCN(CC(=O)Nc2cccc3nsnc23)C1. The Labute approximate surface area is 114 Å². The van der Waals surface area contributed by atoms with Gasteiger partial charge in [-0.05, 0) is 18.6 Å². The summed E-state index contributed by atoms with van der Waals surface area (Å²) < 4.78 is 8.35. The Bertz CT molecular complexity index is 599. The second-order valence-electron chi connectivity index (χ2n) is 4.77. The van der Waals surface area contributed by atoms with E-state index in [0.717, 1.165) is 48.0 Å². The zero-order valence-electron chi connectivity index (χ0n) is 10.4. The molecule has 3 rings (SSSR count). The number of nitrogens with zero attached hydrogens (tertiary/aromatic N) is 3. The molecule has 3 N–H and O–H groups in total. The fourth-order valence-electron chi connectivity index (χ4n) is 2.31. The van der Waals surface area contributed by atoms with E-state index in [9.17, 15) is 4.79 Å². The third kappa shape index (κ3) is 2.73. The summed E-state index contributed by atoms with van der Waals surface area (Å²) in [5, 5.41) is 2.90. The molecule has 7 heteroatoms. The Hall–Kier alpha value is -1.57. The molecule has 1 atom stereocenters. The highest BCUT2D eigenvalue weighted by molar-refractivity contribution is 7.00. The van der Waals surface area contributed by atoms with Crippen LogP contribution >= 0.6 is 11.7 Å². The minimum Gasteiger partial charge on any atom is -0.326 e. The summed E-state index contributed by atoms with van der Waals surface area (Å²) in [6.07, 6.45) is 0.957. The predicted molar refractivity (Wildman–Crippen MR) is 75.1 cm³/mol. The van der Waals surface area contributed by atoms with Gasteiger partial charge in [0.2, 0.25) is 5.91 Å². The van der Waals surface area contributed by atoms with Crippen molar-refractivity contribution in [2.24, 2.45) is 5.73 Å². The predicted octanol–water partition coefficient (Wildman–Crippen LogP) is 0.663. The standard InChI is InChI=1S/C12H15N5OS/c13-8-4-5-17(6-8)7-11(18)14-9-2-1-3-10-12(9)16-19-15-10/h1-3,8H,4-7,13H2,(H,14,18). The van der Waals surface area contributed by atoms with Crippen molar-refractivity contribution in [3.8, 4) is 0 Å². The van der Waals surface area contributed by atoms with Gasteiger partial charge in [0.15, 0.2) is 0 Å². The van der Waals surface area contributed by atoms with E-state index in [1.54, 1.807) is 0 Å². The van der Waals surface area contributed by atoms with Crippen LogP contribution in [0.15, 0.2) is 18.2 Å². The van der Waals surface area contributed by atoms with Gasteiger partial charge in [-0.15, -0.1) is 0 Å². The van der Waals surface area contributed by atoms with Gasteiger partial charge in [0, 0.05) is 19.1 Å². The Balaban J connectivity index is 1.67. The van der Waals surface area contributed by atoms with E-state index in [2.05, 4.69) is 19.0 Å². The molecule has 6 nitrogen and oxygen atoms in total. The van der Waals surface area contributed by atoms with Gasteiger partial charge in [-0.25, -0.2) is 0 Å². The Morgan fingerprint density at radius 2 is 2.42 bits per heavy atom. The number of carbonyl (C=O) groups is 1. The summed E-state index contributed by atoms with van der Waals surface area (Å²) >= 11 is 1.15. The summed E-state index contributed by atoms with van der Waals surface area (Å²) in [5.74, 6) is -0.0328. The third-order valence-electron chi connectivity index (χ3n) is 3.24. The van der Waals surface area contributed by atoms with Crippen molar-refractivity contribution in [3.05, 3.63) is 18.2 Å². The first-order valence-electron chi connectivity index (χ1n) is 6.21. The number of carbonyl (C=O) groups excluding carboxylic acids is 1. The summed E-state index contributed by atoms with van der Waals surface area (Å²) in [6, 6.07) is 5.79. The van der Waals surface area contributed by atoms with Gasteiger partial charge in [0.1, 0.15) is 11.0 Å². The van der Waals surface area contributed by atoms with Crippen molar-refractivity contribution in [2.45, 2.75) is 12.5 Å². The van der Waals surface area contributed by atoms with E-state index in [1.807, 2.05) is 18.2 Å². The lowest BCUT2D eigenvalue weighted by atomic mass is 10.2. The van der Waals surface area contributed by atoms with E-state index >= 15 is 0 Å². The molecule has 0 aliphatic carbocycles. The minimum atomic E-state index is -0.0328. The van der Waals surface area contributed by atoms with Crippen LogP contribution < -0.4 is 11.1 Å². The molecule has 1 aromatic heterocycles. The number of hydrogen-bond donors (Lipinski definition) is 2. The number of hydrogen-bond acceptors (Lipinski definition) is 6. The largest absolute Gasteiger partial charge is 0.326 e. The monoisotopic (exact) mass is 277 g/mol. The summed E-state index contributed by atoms with van der Waals surface area (Å²) in [6.45, 7) is 2.05. The van der Waals surface area contributed by atoms with E-state index in [0.29, 0.717) is 6.54 Å². The average Bonchev–Trinajstić information content (AvgIpc) is 2.98. The third-order valence-corrected chi connectivity index (χ3v) is 3.78. The van der Waals surface area contributed by atoms with Crippen LogP contribution in [0.25, 0.3) is 11.0 Å². The lowest BCUT2D eigenvalue weighted by Gasteiger charge is -2.14. The minimum absolute atomic E-state index is 0.0328. The van der Waals surface area contributed by atoms with Gasteiger partial charge in [0.05, 0.1) is 24.0 Å². The van der Waals surface area contributed by atoms with Crippen LogP contribution in [0.5, 0.6) is 0 Å². The molecule has 19 heavy (non-hydrogen) atoms. The number of likely N-dealkylation sites (tertiary alicyclic amines) is 1. The van der Waals surface area contributed by atoms with Crippen LogP contribution in [0.1, 0.15) is 6.42 Å². The molecule has 1 aliphatic heterocycles. The highest BCUT2D eigenvalue weighted by atomic mass is 32.1. The van der Waals surface area contributed by atoms with Crippen molar-refractivity contribution in [1.82, 2.24) is 13.6 Å². The van der Waals surface area contributed by atoms with E-state index in [4.69, 9.17) is 5.73 Å². The highest BCUT2D eigenvalue weighted by Gasteiger charge is 2.21. The van der Waals surface area contributed by atoms with Gasteiger partial charge in [-0.1, -0.05) is 6.07 Å². The molecule has 1 saturated heterocycles. The van der Waals surface area contributed by atoms with E-state index in [-0.39, 0.29) is 11.9 Å². The van der Waals surface area contributed by atoms with Gasteiger partial charge < -0.3 is 11.1 Å². The number of benzene rings is 1. The molecular formula is C12H15N5OS. The topological polar surface area (TPSA) is 84.1 Å². The van der Waals surface area contributed by atoms with Crippen LogP contribution in [0, 0.1) is 0 Å². The first-order valence-corrected chi connectivity index (χ1v) is 6.94. The van der Waals surface area contributed by atoms with Crippen molar-refractivity contribution in [1.29, 1.82) is 0 Å². The maximum atomic E-state index is 12.0. The number of nitrogens with two attached hydrogens (primary N) is 1. The average molecular weight is 277 g/mol. The summed E-state index contributed by atoms with van der Waals surface area (Å²) in [5.41, 5.74) is 8.11. The molecule has 0 spiro atoms. The molecule has 0 radical (unpaired) electrons. The van der Waals surface area contributed by atoms with Crippen LogP contribution in [0.2, 0.25) is 0 Å². The van der Waals surface area contributed by atoms with Crippen molar-refractivity contribution in [3.63, 3.8) is 0 Å². The van der Waals surface area contributed by atoms with Gasteiger partial charge >= 0.3 is 0 Å². The molecule has 0 bridgehead atoms. The van der Waals surface area contributed by atoms with Gasteiger partial charge in [-0.2, -0.15) is 8.75 Å². The molecule has 0 saturated carbocycles. The van der Waals surface area contributed by atoms with Crippen molar-refractivity contribution in [2.75, 3.05) is 25.0 Å². The Kier molecular flexibility index (Phi) is 3.41. The van der Waals surface area contributed by atoms with E-state index < -0.39 is 0 Å². The number of fused-ring (bicyclic) bond motifs is 1. The number of aromatic nitrogens is 2. The zero-order valence-corrected chi connectivity index (χ0v) is 11.2. The zero-order chi connectivity index (χ0) is 13.2. The van der Waals surface area contributed by atoms with Crippen LogP contribution in [-0.2, 0) is 4.79 Å².